The fourth-order valence-electron chi connectivity index (χ4n) is 3.49. The van der Waals surface area contributed by atoms with Crippen LogP contribution in [0.1, 0.15) is 12.5 Å². The fraction of sp³-hybridized carbons (Fsp3) is 0.700. The van der Waals surface area contributed by atoms with Crippen molar-refractivity contribution < 1.29 is 54.7 Å². The summed E-state index contributed by atoms with van der Waals surface area (Å²) in [6.45, 7) is 1.29. The highest BCUT2D eigenvalue weighted by Gasteiger charge is 2.46. The van der Waals surface area contributed by atoms with E-state index in [2.05, 4.69) is 0 Å². The average Bonchev–Trinajstić information content (AvgIpc) is 2.76. The molecule has 2 fully saturated rings. The maximum Gasteiger partial charge on any atom is 0.186 e. The second-order valence-corrected chi connectivity index (χ2v) is 7.82. The molecule has 0 radical (unpaired) electrons. The van der Waals surface area contributed by atoms with E-state index in [4.69, 9.17) is 18.9 Å². The highest BCUT2D eigenvalue weighted by molar-refractivity contribution is 5.25. The maximum atomic E-state index is 10.2. The third-order valence-corrected chi connectivity index (χ3v) is 5.51. The van der Waals surface area contributed by atoms with Gasteiger partial charge in [0.15, 0.2) is 12.6 Å². The molecule has 0 aromatic heterocycles. The number of aliphatic hydroxyl groups is 6. The van der Waals surface area contributed by atoms with Crippen molar-refractivity contribution in [2.45, 2.75) is 74.8 Å². The van der Waals surface area contributed by atoms with Crippen LogP contribution < -0.4 is 0 Å². The predicted molar refractivity (Wildman–Crippen MR) is 103 cm³/mol. The summed E-state index contributed by atoms with van der Waals surface area (Å²) in [4.78, 5) is 0. The van der Waals surface area contributed by atoms with Crippen molar-refractivity contribution in [3.63, 3.8) is 0 Å². The van der Waals surface area contributed by atoms with Crippen molar-refractivity contribution in [1.82, 2.24) is 0 Å². The molecular formula is C20H30O11. The zero-order valence-corrected chi connectivity index (χ0v) is 17.0. The Hall–Kier alpha value is -1.38. The van der Waals surface area contributed by atoms with Crippen LogP contribution >= 0.6 is 0 Å². The Morgan fingerprint density at radius 2 is 1.32 bits per heavy atom. The lowest BCUT2D eigenvalue weighted by Gasteiger charge is -2.42. The highest BCUT2D eigenvalue weighted by Crippen LogP contribution is 2.26. The van der Waals surface area contributed by atoms with Gasteiger partial charge in [0.2, 0.25) is 0 Å². The van der Waals surface area contributed by atoms with Gasteiger partial charge < -0.3 is 54.7 Å². The van der Waals surface area contributed by atoms with Gasteiger partial charge in [-0.25, -0.2) is 0 Å². The van der Waals surface area contributed by atoms with Gasteiger partial charge in [-0.3, -0.25) is 0 Å². The Morgan fingerprint density at radius 3 is 1.97 bits per heavy atom. The minimum Gasteiger partial charge on any atom is -0.508 e. The van der Waals surface area contributed by atoms with E-state index in [9.17, 15) is 35.7 Å². The summed E-state index contributed by atoms with van der Waals surface area (Å²) in [5, 5.41) is 69.4. The van der Waals surface area contributed by atoms with Gasteiger partial charge in [-0.1, -0.05) is 12.1 Å². The third-order valence-electron chi connectivity index (χ3n) is 5.51. The van der Waals surface area contributed by atoms with Crippen molar-refractivity contribution in [2.24, 2.45) is 0 Å². The van der Waals surface area contributed by atoms with Crippen molar-refractivity contribution >= 4 is 0 Å². The second-order valence-electron chi connectivity index (χ2n) is 7.82. The van der Waals surface area contributed by atoms with E-state index in [0.29, 0.717) is 6.42 Å². The van der Waals surface area contributed by atoms with E-state index in [1.165, 1.54) is 19.1 Å². The number of phenols is 1. The lowest BCUT2D eigenvalue weighted by molar-refractivity contribution is -0.327. The first-order valence-corrected chi connectivity index (χ1v) is 10.1. The smallest absolute Gasteiger partial charge is 0.186 e. The number of benzene rings is 1. The van der Waals surface area contributed by atoms with Gasteiger partial charge in [-0.15, -0.1) is 0 Å². The van der Waals surface area contributed by atoms with Crippen molar-refractivity contribution in [3.8, 4) is 5.75 Å². The molecule has 3 rings (SSSR count). The average molecular weight is 446 g/mol. The molecule has 11 heteroatoms. The van der Waals surface area contributed by atoms with E-state index in [-0.39, 0.29) is 19.0 Å². The first-order chi connectivity index (χ1) is 14.7. The third kappa shape index (κ3) is 5.71. The molecule has 1 aromatic rings. The Labute approximate surface area is 179 Å². The number of hydrogen-bond acceptors (Lipinski definition) is 11. The minimum absolute atomic E-state index is 0.134. The van der Waals surface area contributed by atoms with Crippen LogP contribution in [0.3, 0.4) is 0 Å². The van der Waals surface area contributed by atoms with Gasteiger partial charge >= 0.3 is 0 Å². The number of ether oxygens (including phenoxy) is 4. The lowest BCUT2D eigenvalue weighted by atomic mass is 9.98. The Kier molecular flexibility index (Phi) is 8.21. The Morgan fingerprint density at radius 1 is 0.742 bits per heavy atom. The maximum absolute atomic E-state index is 10.2. The van der Waals surface area contributed by atoms with Crippen LogP contribution in [0.25, 0.3) is 0 Å². The van der Waals surface area contributed by atoms with Crippen molar-refractivity contribution in [3.05, 3.63) is 29.8 Å². The van der Waals surface area contributed by atoms with Gasteiger partial charge in [0, 0.05) is 0 Å². The van der Waals surface area contributed by atoms with Crippen LogP contribution in [-0.4, -0.2) is 110 Å². The quantitative estimate of drug-likeness (QED) is 0.237. The molecule has 0 amide bonds. The standard InChI is InChI=1S/C20H30O11/c1-9-13(22)15(24)17(26)20(30-9)29-8-12-14(23)16(25)18(27)19(31-12)28-7-6-10-2-4-11(21)5-3-10/h2-5,9,12-27H,6-8H2,1H3. The minimum atomic E-state index is -1.57. The van der Waals surface area contributed by atoms with Crippen molar-refractivity contribution in [1.29, 1.82) is 0 Å². The molecule has 176 valence electrons. The summed E-state index contributed by atoms with van der Waals surface area (Å²) in [5.74, 6) is 0.138. The van der Waals surface area contributed by atoms with Crippen LogP contribution in [0.5, 0.6) is 5.75 Å². The Balaban J connectivity index is 1.53. The topological polar surface area (TPSA) is 179 Å². The first kappa shape index (κ1) is 24.3. The molecule has 10 unspecified atom stereocenters. The molecule has 7 N–H and O–H groups in total. The summed E-state index contributed by atoms with van der Waals surface area (Å²) in [5.41, 5.74) is 0.877. The summed E-state index contributed by atoms with van der Waals surface area (Å²) < 4.78 is 21.8. The van der Waals surface area contributed by atoms with E-state index >= 15 is 0 Å². The lowest BCUT2D eigenvalue weighted by Crippen LogP contribution is -2.61. The zero-order chi connectivity index (χ0) is 22.7. The molecule has 0 spiro atoms. The predicted octanol–water partition coefficient (Wildman–Crippen LogP) is -2.40. The molecule has 2 aliphatic heterocycles. The molecule has 31 heavy (non-hydrogen) atoms. The molecule has 0 bridgehead atoms. The van der Waals surface area contributed by atoms with E-state index < -0.39 is 61.4 Å². The van der Waals surface area contributed by atoms with Gasteiger partial charge in [0.25, 0.3) is 0 Å². The zero-order valence-electron chi connectivity index (χ0n) is 17.0. The van der Waals surface area contributed by atoms with Gasteiger partial charge in [0.1, 0.15) is 48.5 Å². The molecule has 11 nitrogen and oxygen atoms in total. The first-order valence-electron chi connectivity index (χ1n) is 10.1. The number of rotatable bonds is 7. The van der Waals surface area contributed by atoms with Crippen LogP contribution in [0.4, 0.5) is 0 Å². The molecule has 2 heterocycles. The van der Waals surface area contributed by atoms with Gasteiger partial charge in [0.05, 0.1) is 19.3 Å². The Bertz CT molecular complexity index is 686. The summed E-state index contributed by atoms with van der Waals surface area (Å²) in [6.07, 6.45) is -12.9. The summed E-state index contributed by atoms with van der Waals surface area (Å²) in [6, 6.07) is 6.50. The van der Waals surface area contributed by atoms with Crippen molar-refractivity contribution in [2.75, 3.05) is 13.2 Å². The SMILES string of the molecule is CC1OC(OCC2OC(OCCc3ccc(O)cc3)C(O)C(O)C2O)C(O)C(O)C1O. The molecule has 0 saturated carbocycles. The normalized spacial score (nSPS) is 41.3. The molecule has 2 saturated heterocycles. The fourth-order valence-corrected chi connectivity index (χ4v) is 3.49. The number of aliphatic hydroxyl groups excluding tert-OH is 6. The van der Waals surface area contributed by atoms with E-state index in [1.54, 1.807) is 12.1 Å². The van der Waals surface area contributed by atoms with Crippen LogP contribution in [0.2, 0.25) is 0 Å². The second kappa shape index (κ2) is 10.5. The van der Waals surface area contributed by atoms with E-state index in [0.717, 1.165) is 5.56 Å². The van der Waals surface area contributed by atoms with E-state index in [1.807, 2.05) is 0 Å². The van der Waals surface area contributed by atoms with Crippen LogP contribution in [0, 0.1) is 0 Å². The molecule has 0 aliphatic carbocycles. The highest BCUT2D eigenvalue weighted by atomic mass is 16.7. The van der Waals surface area contributed by atoms with Gasteiger partial charge in [-0.05, 0) is 31.0 Å². The number of hydrogen-bond donors (Lipinski definition) is 7. The number of aromatic hydroxyl groups is 1. The monoisotopic (exact) mass is 446 g/mol. The molecule has 1 aromatic carbocycles. The summed E-state index contributed by atoms with van der Waals surface area (Å²) in [7, 11) is 0. The summed E-state index contributed by atoms with van der Waals surface area (Å²) >= 11 is 0. The number of phenolic OH excluding ortho intramolecular Hbond substituents is 1. The molecular weight excluding hydrogens is 416 g/mol. The largest absolute Gasteiger partial charge is 0.508 e. The van der Waals surface area contributed by atoms with Crippen LogP contribution in [0.15, 0.2) is 24.3 Å². The molecule has 2 aliphatic rings. The molecule has 10 atom stereocenters. The van der Waals surface area contributed by atoms with Gasteiger partial charge in [-0.2, -0.15) is 0 Å². The van der Waals surface area contributed by atoms with Crippen LogP contribution in [-0.2, 0) is 25.4 Å².